The fourth-order valence-electron chi connectivity index (χ4n) is 2.92. The molecule has 2 heterocycles. The van der Waals surface area contributed by atoms with Crippen LogP contribution in [0.15, 0.2) is 53.1 Å². The zero-order valence-corrected chi connectivity index (χ0v) is 14.7. The van der Waals surface area contributed by atoms with E-state index in [2.05, 4.69) is 15.5 Å². The summed E-state index contributed by atoms with van der Waals surface area (Å²) in [5, 5.41) is 7.09. The van der Waals surface area contributed by atoms with Crippen molar-refractivity contribution in [2.45, 2.75) is 25.5 Å². The lowest BCUT2D eigenvalue weighted by Gasteiger charge is -2.15. The molecule has 1 fully saturated rings. The summed E-state index contributed by atoms with van der Waals surface area (Å²) in [5.41, 5.74) is 1.39. The van der Waals surface area contributed by atoms with Crippen molar-refractivity contribution in [1.29, 1.82) is 0 Å². The topological polar surface area (TPSA) is 69.4 Å². The van der Waals surface area contributed by atoms with Crippen LogP contribution in [0.25, 0.3) is 11.5 Å². The number of rotatable bonds is 7. The fraction of sp³-hybridized carbons (Fsp3) is 0.300. The van der Waals surface area contributed by atoms with Gasteiger partial charge in [0, 0.05) is 18.2 Å². The standard InChI is InChI=1S/C20H20FN3O3/c21-15-8-9-18(26-13-16-7-4-10-25-16)17(11-15)22-12-19-23-20(27-24-19)14-5-2-1-3-6-14/h1-3,5-6,8-9,11,16,22H,4,7,10,12-13H2/t16-/m0/s1. The van der Waals surface area contributed by atoms with E-state index in [1.54, 1.807) is 6.07 Å². The minimum Gasteiger partial charge on any atom is -0.489 e. The zero-order chi connectivity index (χ0) is 18.5. The lowest BCUT2D eigenvalue weighted by molar-refractivity contribution is 0.0682. The molecule has 1 atom stereocenters. The smallest absolute Gasteiger partial charge is 0.257 e. The Morgan fingerprint density at radius 1 is 1.19 bits per heavy atom. The van der Waals surface area contributed by atoms with Crippen molar-refractivity contribution in [3.05, 3.63) is 60.2 Å². The van der Waals surface area contributed by atoms with E-state index in [4.69, 9.17) is 14.0 Å². The lowest BCUT2D eigenvalue weighted by atomic mass is 10.2. The molecular formula is C20H20FN3O3. The van der Waals surface area contributed by atoms with Gasteiger partial charge in [-0.3, -0.25) is 0 Å². The largest absolute Gasteiger partial charge is 0.489 e. The molecule has 1 saturated heterocycles. The van der Waals surface area contributed by atoms with Crippen LogP contribution in [-0.2, 0) is 11.3 Å². The number of nitrogens with zero attached hydrogens (tertiary/aromatic N) is 2. The van der Waals surface area contributed by atoms with Gasteiger partial charge >= 0.3 is 0 Å². The average molecular weight is 369 g/mol. The molecule has 4 rings (SSSR count). The summed E-state index contributed by atoms with van der Waals surface area (Å²) in [7, 11) is 0. The molecule has 1 aliphatic rings. The van der Waals surface area contributed by atoms with Crippen molar-refractivity contribution < 1.29 is 18.4 Å². The number of hydrogen-bond acceptors (Lipinski definition) is 6. The summed E-state index contributed by atoms with van der Waals surface area (Å²) in [4.78, 5) is 4.36. The molecular weight excluding hydrogens is 349 g/mol. The summed E-state index contributed by atoms with van der Waals surface area (Å²) in [6, 6.07) is 13.9. The quantitative estimate of drug-likeness (QED) is 0.678. The van der Waals surface area contributed by atoms with Gasteiger partial charge in [-0.05, 0) is 37.1 Å². The third kappa shape index (κ3) is 4.43. The van der Waals surface area contributed by atoms with Crippen molar-refractivity contribution >= 4 is 5.69 Å². The van der Waals surface area contributed by atoms with Crippen LogP contribution in [0, 0.1) is 5.82 Å². The first-order valence-electron chi connectivity index (χ1n) is 8.94. The van der Waals surface area contributed by atoms with Crippen LogP contribution in [0.2, 0.25) is 0 Å². The van der Waals surface area contributed by atoms with E-state index in [1.807, 2.05) is 30.3 Å². The Morgan fingerprint density at radius 2 is 2.07 bits per heavy atom. The van der Waals surface area contributed by atoms with E-state index in [-0.39, 0.29) is 18.5 Å². The molecule has 27 heavy (non-hydrogen) atoms. The second-order valence-electron chi connectivity index (χ2n) is 6.32. The molecule has 6 nitrogen and oxygen atoms in total. The Balaban J connectivity index is 1.41. The maximum atomic E-state index is 13.7. The molecule has 7 heteroatoms. The highest BCUT2D eigenvalue weighted by atomic mass is 19.1. The SMILES string of the molecule is Fc1ccc(OC[C@@H]2CCCO2)c(NCc2noc(-c3ccccc3)n2)c1. The fourth-order valence-corrected chi connectivity index (χ4v) is 2.92. The van der Waals surface area contributed by atoms with E-state index >= 15 is 0 Å². The summed E-state index contributed by atoms with van der Waals surface area (Å²) in [6.07, 6.45) is 2.12. The molecule has 0 bridgehead atoms. The van der Waals surface area contributed by atoms with Crippen molar-refractivity contribution in [3.8, 4) is 17.2 Å². The first-order valence-corrected chi connectivity index (χ1v) is 8.94. The second kappa shape index (κ2) is 8.18. The molecule has 2 aromatic carbocycles. The van der Waals surface area contributed by atoms with Gasteiger partial charge in [-0.25, -0.2) is 4.39 Å². The number of aromatic nitrogens is 2. The van der Waals surface area contributed by atoms with Gasteiger partial charge in [-0.15, -0.1) is 0 Å². The minimum absolute atomic E-state index is 0.0912. The first-order chi connectivity index (χ1) is 13.3. The molecule has 0 radical (unpaired) electrons. The van der Waals surface area contributed by atoms with Gasteiger partial charge in [0.15, 0.2) is 5.82 Å². The molecule has 1 N–H and O–H groups in total. The van der Waals surface area contributed by atoms with Crippen LogP contribution >= 0.6 is 0 Å². The van der Waals surface area contributed by atoms with Gasteiger partial charge in [0.1, 0.15) is 18.2 Å². The van der Waals surface area contributed by atoms with Gasteiger partial charge in [-0.1, -0.05) is 23.4 Å². The molecule has 0 unspecified atom stereocenters. The second-order valence-corrected chi connectivity index (χ2v) is 6.32. The maximum Gasteiger partial charge on any atom is 0.257 e. The Labute approximate surface area is 156 Å². The van der Waals surface area contributed by atoms with Gasteiger partial charge in [0.25, 0.3) is 5.89 Å². The first kappa shape index (κ1) is 17.5. The van der Waals surface area contributed by atoms with E-state index in [0.29, 0.717) is 29.8 Å². The number of hydrogen-bond donors (Lipinski definition) is 1. The third-order valence-corrected chi connectivity index (χ3v) is 4.32. The molecule has 0 spiro atoms. The van der Waals surface area contributed by atoms with Crippen LogP contribution in [0.3, 0.4) is 0 Å². The number of ether oxygens (including phenoxy) is 2. The van der Waals surface area contributed by atoms with Crippen LogP contribution in [0.1, 0.15) is 18.7 Å². The van der Waals surface area contributed by atoms with Crippen LogP contribution < -0.4 is 10.1 Å². The highest BCUT2D eigenvalue weighted by Gasteiger charge is 2.17. The molecule has 1 aromatic heterocycles. The molecule has 0 saturated carbocycles. The van der Waals surface area contributed by atoms with Crippen molar-refractivity contribution in [3.63, 3.8) is 0 Å². The average Bonchev–Trinajstić information content (AvgIpc) is 3.38. The summed E-state index contributed by atoms with van der Waals surface area (Å²) in [6.45, 7) is 1.50. The number of benzene rings is 2. The van der Waals surface area contributed by atoms with Crippen molar-refractivity contribution in [2.75, 3.05) is 18.5 Å². The van der Waals surface area contributed by atoms with Gasteiger partial charge < -0.3 is 19.3 Å². The number of anilines is 1. The summed E-state index contributed by atoms with van der Waals surface area (Å²) >= 11 is 0. The van der Waals surface area contributed by atoms with Crippen molar-refractivity contribution in [1.82, 2.24) is 10.1 Å². The molecule has 3 aromatic rings. The van der Waals surface area contributed by atoms with Crippen LogP contribution in [0.4, 0.5) is 10.1 Å². The van der Waals surface area contributed by atoms with E-state index in [1.165, 1.54) is 12.1 Å². The Bertz CT molecular complexity index is 879. The Hall–Kier alpha value is -2.93. The predicted octanol–water partition coefficient (Wildman–Crippen LogP) is 4.05. The Kier molecular flexibility index (Phi) is 5.29. The lowest BCUT2D eigenvalue weighted by Crippen LogP contribution is -2.17. The Morgan fingerprint density at radius 3 is 2.89 bits per heavy atom. The molecule has 1 aliphatic heterocycles. The highest BCUT2D eigenvalue weighted by molar-refractivity contribution is 5.57. The number of nitrogens with one attached hydrogen (secondary N) is 1. The van der Waals surface area contributed by atoms with E-state index in [0.717, 1.165) is 25.0 Å². The summed E-state index contributed by atoms with van der Waals surface area (Å²) in [5.74, 6) is 1.14. The number of halogens is 1. The maximum absolute atomic E-state index is 13.7. The third-order valence-electron chi connectivity index (χ3n) is 4.32. The van der Waals surface area contributed by atoms with Gasteiger partial charge in [0.05, 0.1) is 18.3 Å². The van der Waals surface area contributed by atoms with Crippen LogP contribution in [-0.4, -0.2) is 29.5 Å². The van der Waals surface area contributed by atoms with Crippen molar-refractivity contribution in [2.24, 2.45) is 0 Å². The van der Waals surface area contributed by atoms with Gasteiger partial charge in [0.2, 0.25) is 0 Å². The summed E-state index contributed by atoms with van der Waals surface area (Å²) < 4.78 is 30.3. The van der Waals surface area contributed by atoms with E-state index < -0.39 is 0 Å². The zero-order valence-electron chi connectivity index (χ0n) is 14.7. The molecule has 140 valence electrons. The normalized spacial score (nSPS) is 16.4. The molecule has 0 aliphatic carbocycles. The molecule has 0 amide bonds. The van der Waals surface area contributed by atoms with E-state index in [9.17, 15) is 4.39 Å². The predicted molar refractivity (Wildman–Crippen MR) is 97.9 cm³/mol. The minimum atomic E-state index is -0.347. The monoisotopic (exact) mass is 369 g/mol. The highest BCUT2D eigenvalue weighted by Crippen LogP contribution is 2.27. The van der Waals surface area contributed by atoms with Crippen LogP contribution in [0.5, 0.6) is 5.75 Å². The van der Waals surface area contributed by atoms with Gasteiger partial charge in [-0.2, -0.15) is 4.98 Å².